The largest absolute Gasteiger partial charge is 0.352 e. The predicted octanol–water partition coefficient (Wildman–Crippen LogP) is 2.65. The second kappa shape index (κ2) is 5.96. The molecule has 0 atom stereocenters. The van der Waals surface area contributed by atoms with Crippen LogP contribution in [0, 0.1) is 0 Å². The Kier molecular flexibility index (Phi) is 3.67. The van der Waals surface area contributed by atoms with Crippen LogP contribution in [0.25, 0.3) is 10.9 Å². The molecule has 6 heteroatoms. The van der Waals surface area contributed by atoms with Crippen molar-refractivity contribution < 1.29 is 4.79 Å². The minimum absolute atomic E-state index is 0.132. The zero-order chi connectivity index (χ0) is 15.6. The number of carbonyl (C=O) groups is 1. The Labute approximate surface area is 138 Å². The molecular formula is C17H16N4OS. The first-order valence-electron chi connectivity index (χ1n) is 7.60. The number of amides is 1. The summed E-state index contributed by atoms with van der Waals surface area (Å²) in [7, 11) is 0. The Hall–Kier alpha value is -2.47. The first kappa shape index (κ1) is 14.1. The predicted molar refractivity (Wildman–Crippen MR) is 92.0 cm³/mol. The number of hydrogen-bond acceptors (Lipinski definition) is 5. The molecule has 1 fully saturated rings. The lowest BCUT2D eigenvalue weighted by Crippen LogP contribution is -2.49. The summed E-state index contributed by atoms with van der Waals surface area (Å²) in [5.74, 6) is 1.09. The molecule has 1 aliphatic heterocycles. The SMILES string of the molecule is O=C(c1cccs1)N1CCN(c2ncnc3ccccc23)CC1. The van der Waals surface area contributed by atoms with Crippen LogP contribution in [0.4, 0.5) is 5.82 Å². The second-order valence-corrected chi connectivity index (χ2v) is 6.42. The molecule has 4 rings (SSSR count). The summed E-state index contributed by atoms with van der Waals surface area (Å²) in [5, 5.41) is 3.00. The summed E-state index contributed by atoms with van der Waals surface area (Å²) < 4.78 is 0. The normalized spacial score (nSPS) is 15.1. The lowest BCUT2D eigenvalue weighted by molar-refractivity contribution is 0.0751. The molecule has 0 N–H and O–H groups in total. The highest BCUT2D eigenvalue weighted by molar-refractivity contribution is 7.12. The molecule has 1 aromatic carbocycles. The third-order valence-corrected chi connectivity index (χ3v) is 4.98. The van der Waals surface area contributed by atoms with Crippen LogP contribution in [0.3, 0.4) is 0 Å². The second-order valence-electron chi connectivity index (χ2n) is 5.47. The Bertz CT molecular complexity index is 820. The van der Waals surface area contributed by atoms with Crippen molar-refractivity contribution >= 4 is 34.0 Å². The van der Waals surface area contributed by atoms with Crippen LogP contribution in [-0.2, 0) is 0 Å². The van der Waals surface area contributed by atoms with E-state index in [9.17, 15) is 4.79 Å². The quantitative estimate of drug-likeness (QED) is 0.727. The van der Waals surface area contributed by atoms with E-state index in [0.29, 0.717) is 0 Å². The summed E-state index contributed by atoms with van der Waals surface area (Å²) in [6, 6.07) is 11.8. The maximum Gasteiger partial charge on any atom is 0.264 e. The van der Waals surface area contributed by atoms with Gasteiger partial charge in [-0.25, -0.2) is 9.97 Å². The van der Waals surface area contributed by atoms with Crippen molar-refractivity contribution in [3.8, 4) is 0 Å². The number of thiophene rings is 1. The minimum Gasteiger partial charge on any atom is -0.352 e. The third kappa shape index (κ3) is 2.66. The van der Waals surface area contributed by atoms with E-state index < -0.39 is 0 Å². The van der Waals surface area contributed by atoms with Gasteiger partial charge in [0, 0.05) is 31.6 Å². The van der Waals surface area contributed by atoms with Gasteiger partial charge in [-0.3, -0.25) is 4.79 Å². The summed E-state index contributed by atoms with van der Waals surface area (Å²) in [5.41, 5.74) is 0.953. The van der Waals surface area contributed by atoms with E-state index in [1.54, 1.807) is 6.33 Å². The fraction of sp³-hybridized carbons (Fsp3) is 0.235. The van der Waals surface area contributed by atoms with Crippen molar-refractivity contribution in [1.29, 1.82) is 0 Å². The Morgan fingerprint density at radius 2 is 1.83 bits per heavy atom. The van der Waals surface area contributed by atoms with Crippen LogP contribution >= 0.6 is 11.3 Å². The number of hydrogen-bond donors (Lipinski definition) is 0. The van der Waals surface area contributed by atoms with Gasteiger partial charge in [-0.05, 0) is 23.6 Å². The van der Waals surface area contributed by atoms with Crippen molar-refractivity contribution in [2.24, 2.45) is 0 Å². The van der Waals surface area contributed by atoms with Gasteiger partial charge in [-0.2, -0.15) is 0 Å². The number of benzene rings is 1. The average Bonchev–Trinajstić information content (AvgIpc) is 3.15. The van der Waals surface area contributed by atoms with E-state index in [4.69, 9.17) is 0 Å². The molecule has 0 spiro atoms. The van der Waals surface area contributed by atoms with Gasteiger partial charge in [0.2, 0.25) is 0 Å². The number of anilines is 1. The molecule has 5 nitrogen and oxygen atoms in total. The Morgan fingerprint density at radius 3 is 2.61 bits per heavy atom. The lowest BCUT2D eigenvalue weighted by atomic mass is 10.2. The summed E-state index contributed by atoms with van der Waals surface area (Å²) in [6.07, 6.45) is 1.61. The highest BCUT2D eigenvalue weighted by atomic mass is 32.1. The molecule has 1 aliphatic rings. The zero-order valence-corrected chi connectivity index (χ0v) is 13.4. The highest BCUT2D eigenvalue weighted by Gasteiger charge is 2.24. The molecule has 116 valence electrons. The number of rotatable bonds is 2. The number of fused-ring (bicyclic) bond motifs is 1. The molecule has 3 aromatic rings. The molecule has 0 bridgehead atoms. The van der Waals surface area contributed by atoms with Gasteiger partial charge in [0.25, 0.3) is 5.91 Å². The van der Waals surface area contributed by atoms with E-state index in [1.165, 1.54) is 11.3 Å². The van der Waals surface area contributed by atoms with Gasteiger partial charge >= 0.3 is 0 Å². The summed E-state index contributed by atoms with van der Waals surface area (Å²) >= 11 is 1.50. The van der Waals surface area contributed by atoms with Gasteiger partial charge in [0.05, 0.1) is 10.4 Å². The van der Waals surface area contributed by atoms with E-state index in [0.717, 1.165) is 47.8 Å². The zero-order valence-electron chi connectivity index (χ0n) is 12.6. The molecule has 1 amide bonds. The fourth-order valence-corrected chi connectivity index (χ4v) is 3.61. The van der Waals surface area contributed by atoms with Crippen molar-refractivity contribution in [3.63, 3.8) is 0 Å². The van der Waals surface area contributed by atoms with Crippen LogP contribution in [-0.4, -0.2) is 47.0 Å². The summed E-state index contributed by atoms with van der Waals surface area (Å²) in [6.45, 7) is 3.01. The van der Waals surface area contributed by atoms with E-state index >= 15 is 0 Å². The standard InChI is InChI=1S/C17H16N4OS/c22-17(15-6-3-11-23-15)21-9-7-20(8-10-21)16-13-4-1-2-5-14(13)18-12-19-16/h1-6,11-12H,7-10H2. The monoisotopic (exact) mass is 324 g/mol. The molecule has 23 heavy (non-hydrogen) atoms. The average molecular weight is 324 g/mol. The van der Waals surface area contributed by atoms with Crippen molar-refractivity contribution in [3.05, 3.63) is 53.0 Å². The van der Waals surface area contributed by atoms with Crippen LogP contribution in [0.1, 0.15) is 9.67 Å². The molecule has 3 heterocycles. The highest BCUT2D eigenvalue weighted by Crippen LogP contribution is 2.24. The first-order valence-corrected chi connectivity index (χ1v) is 8.48. The molecule has 0 saturated carbocycles. The third-order valence-electron chi connectivity index (χ3n) is 4.12. The minimum atomic E-state index is 0.132. The number of carbonyl (C=O) groups excluding carboxylic acids is 1. The first-order chi connectivity index (χ1) is 11.3. The number of para-hydroxylation sites is 1. The molecule has 0 aliphatic carbocycles. The smallest absolute Gasteiger partial charge is 0.264 e. The van der Waals surface area contributed by atoms with E-state index in [-0.39, 0.29) is 5.91 Å². The lowest BCUT2D eigenvalue weighted by Gasteiger charge is -2.35. The van der Waals surface area contributed by atoms with Gasteiger partial charge in [0.15, 0.2) is 0 Å². The van der Waals surface area contributed by atoms with Gasteiger partial charge in [-0.15, -0.1) is 11.3 Å². The van der Waals surface area contributed by atoms with Gasteiger partial charge in [0.1, 0.15) is 12.1 Å². The van der Waals surface area contributed by atoms with Crippen molar-refractivity contribution in [2.75, 3.05) is 31.1 Å². The Morgan fingerprint density at radius 1 is 1.00 bits per heavy atom. The maximum absolute atomic E-state index is 12.4. The fourth-order valence-electron chi connectivity index (χ4n) is 2.92. The van der Waals surface area contributed by atoms with Crippen LogP contribution < -0.4 is 4.90 Å². The van der Waals surface area contributed by atoms with Crippen molar-refractivity contribution in [1.82, 2.24) is 14.9 Å². The summed E-state index contributed by atoms with van der Waals surface area (Å²) in [4.78, 5) is 26.2. The van der Waals surface area contributed by atoms with Crippen molar-refractivity contribution in [2.45, 2.75) is 0 Å². The molecular weight excluding hydrogens is 308 g/mol. The molecule has 0 radical (unpaired) electrons. The molecule has 0 unspecified atom stereocenters. The van der Waals surface area contributed by atoms with Crippen LogP contribution in [0.5, 0.6) is 0 Å². The number of piperazine rings is 1. The van der Waals surface area contributed by atoms with E-state index in [1.807, 2.05) is 46.7 Å². The van der Waals surface area contributed by atoms with Gasteiger partial charge < -0.3 is 9.80 Å². The topological polar surface area (TPSA) is 49.3 Å². The molecule has 2 aromatic heterocycles. The molecule has 1 saturated heterocycles. The van der Waals surface area contributed by atoms with E-state index in [2.05, 4.69) is 14.9 Å². The maximum atomic E-state index is 12.4. The number of aromatic nitrogens is 2. The van der Waals surface area contributed by atoms with Crippen LogP contribution in [0.2, 0.25) is 0 Å². The Balaban J connectivity index is 1.52. The van der Waals surface area contributed by atoms with Crippen LogP contribution in [0.15, 0.2) is 48.1 Å². The number of nitrogens with zero attached hydrogens (tertiary/aromatic N) is 4. The van der Waals surface area contributed by atoms with Gasteiger partial charge in [-0.1, -0.05) is 18.2 Å².